The van der Waals surface area contributed by atoms with Gasteiger partial charge in [0.25, 0.3) is 0 Å². The first-order valence-electron chi connectivity index (χ1n) is 6.33. The number of pyridine rings is 1. The largest absolute Gasteiger partial charge is 0.342 e. The highest BCUT2D eigenvalue weighted by atomic mass is 32.1. The molecule has 0 aromatic carbocycles. The first-order valence-corrected chi connectivity index (χ1v) is 6.74. The second kappa shape index (κ2) is 4.85. The molecule has 0 fully saturated rings. The van der Waals surface area contributed by atoms with Crippen molar-refractivity contribution >= 4 is 12.2 Å². The molecule has 100 valence electrons. The van der Waals surface area contributed by atoms with E-state index in [0.29, 0.717) is 4.64 Å². The second-order valence-corrected chi connectivity index (χ2v) is 6.21. The maximum absolute atomic E-state index is 5.38. The zero-order valence-corrected chi connectivity index (χ0v) is 12.9. The molecular weight excluding hydrogens is 254 g/mol. The van der Waals surface area contributed by atoms with Gasteiger partial charge in [-0.25, -0.2) is 4.98 Å². The topological polar surface area (TPSA) is 41.6 Å². The molecule has 0 unspecified atom stereocenters. The predicted octanol–water partition coefficient (Wildman–Crippen LogP) is 4.12. The number of nitrogens with zero attached hydrogens (tertiary/aromatic N) is 2. The maximum atomic E-state index is 5.38. The van der Waals surface area contributed by atoms with Crippen LogP contribution in [0.5, 0.6) is 0 Å². The van der Waals surface area contributed by atoms with Gasteiger partial charge in [0, 0.05) is 28.4 Å². The van der Waals surface area contributed by atoms with E-state index in [9.17, 15) is 0 Å². The summed E-state index contributed by atoms with van der Waals surface area (Å²) >= 11 is 5.38. The van der Waals surface area contributed by atoms with Crippen LogP contribution in [0.4, 0.5) is 0 Å². The molecule has 0 radical (unpaired) electrons. The Morgan fingerprint density at radius 3 is 2.47 bits per heavy atom. The molecule has 2 aromatic rings. The summed E-state index contributed by atoms with van der Waals surface area (Å²) in [6, 6.07) is 4.05. The molecule has 2 rings (SSSR count). The minimum atomic E-state index is -0.0575. The van der Waals surface area contributed by atoms with Gasteiger partial charge in [-0.15, -0.1) is 0 Å². The fourth-order valence-electron chi connectivity index (χ4n) is 1.88. The number of nitrogens with one attached hydrogen (secondary N) is 1. The van der Waals surface area contributed by atoms with Crippen molar-refractivity contribution in [2.75, 3.05) is 0 Å². The van der Waals surface area contributed by atoms with Crippen LogP contribution in [-0.4, -0.2) is 15.0 Å². The smallest absolute Gasteiger partial charge is 0.133 e. The van der Waals surface area contributed by atoms with Crippen molar-refractivity contribution in [3.8, 4) is 11.3 Å². The van der Waals surface area contributed by atoms with Crippen molar-refractivity contribution in [1.29, 1.82) is 0 Å². The predicted molar refractivity (Wildman–Crippen MR) is 80.8 cm³/mol. The van der Waals surface area contributed by atoms with Crippen molar-refractivity contribution in [1.82, 2.24) is 15.0 Å². The van der Waals surface area contributed by atoms with E-state index in [1.807, 2.05) is 26.1 Å². The lowest BCUT2D eigenvalue weighted by atomic mass is 9.95. The average molecular weight is 273 g/mol. The summed E-state index contributed by atoms with van der Waals surface area (Å²) in [5.41, 5.74) is 4.08. The van der Waals surface area contributed by atoms with E-state index in [-0.39, 0.29) is 5.41 Å². The first-order chi connectivity index (χ1) is 8.79. The van der Waals surface area contributed by atoms with E-state index < -0.39 is 0 Å². The van der Waals surface area contributed by atoms with Gasteiger partial charge in [-0.1, -0.05) is 33.0 Å². The highest BCUT2D eigenvalue weighted by molar-refractivity contribution is 7.71. The standard InChI is InChI=1S/C15H19N3S/c1-9-8-11(6-7-16-9)12-10(2)13(19)18-14(17-12)15(3,4)5/h6-8H,1-5H3,(H,17,18,19). The summed E-state index contributed by atoms with van der Waals surface area (Å²) < 4.78 is 0.660. The molecule has 0 aliphatic heterocycles. The summed E-state index contributed by atoms with van der Waals surface area (Å²) in [7, 11) is 0. The number of H-pyrrole nitrogens is 1. The number of hydrogen-bond donors (Lipinski definition) is 1. The Labute approximate surface area is 119 Å². The van der Waals surface area contributed by atoms with Gasteiger partial charge in [-0.3, -0.25) is 4.98 Å². The Morgan fingerprint density at radius 1 is 1.21 bits per heavy atom. The van der Waals surface area contributed by atoms with Gasteiger partial charge in [-0.2, -0.15) is 0 Å². The van der Waals surface area contributed by atoms with Crippen molar-refractivity contribution < 1.29 is 0 Å². The van der Waals surface area contributed by atoms with Crippen molar-refractivity contribution in [3.05, 3.63) is 40.1 Å². The Balaban J connectivity index is 2.70. The molecule has 19 heavy (non-hydrogen) atoms. The van der Waals surface area contributed by atoms with Crippen LogP contribution in [0.2, 0.25) is 0 Å². The fourth-order valence-corrected chi connectivity index (χ4v) is 2.07. The van der Waals surface area contributed by atoms with Crippen molar-refractivity contribution in [3.63, 3.8) is 0 Å². The van der Waals surface area contributed by atoms with E-state index in [1.54, 1.807) is 0 Å². The summed E-state index contributed by atoms with van der Waals surface area (Å²) in [5.74, 6) is 0.910. The Morgan fingerprint density at radius 2 is 1.89 bits per heavy atom. The molecule has 0 atom stereocenters. The first kappa shape index (κ1) is 13.9. The minimum Gasteiger partial charge on any atom is -0.342 e. The lowest BCUT2D eigenvalue weighted by molar-refractivity contribution is 0.544. The Hall–Kier alpha value is -1.55. The van der Waals surface area contributed by atoms with Crippen LogP contribution >= 0.6 is 12.2 Å². The van der Waals surface area contributed by atoms with E-state index in [0.717, 1.165) is 28.3 Å². The molecule has 2 aromatic heterocycles. The van der Waals surface area contributed by atoms with Crippen LogP contribution in [0.1, 0.15) is 37.9 Å². The second-order valence-electron chi connectivity index (χ2n) is 5.83. The molecule has 2 heterocycles. The molecule has 0 saturated carbocycles. The maximum Gasteiger partial charge on any atom is 0.133 e. The normalized spacial score (nSPS) is 11.6. The van der Waals surface area contributed by atoms with Gasteiger partial charge in [-0.05, 0) is 26.0 Å². The van der Waals surface area contributed by atoms with Gasteiger partial charge < -0.3 is 4.98 Å². The molecule has 0 spiro atoms. The average Bonchev–Trinajstić information content (AvgIpc) is 2.31. The molecule has 0 saturated heterocycles. The molecular formula is C15H19N3S. The molecule has 0 aliphatic carbocycles. The van der Waals surface area contributed by atoms with Crippen molar-refractivity contribution in [2.45, 2.75) is 40.0 Å². The number of rotatable bonds is 1. The highest BCUT2D eigenvalue weighted by Gasteiger charge is 2.18. The highest BCUT2D eigenvalue weighted by Crippen LogP contribution is 2.26. The van der Waals surface area contributed by atoms with Gasteiger partial charge in [0.1, 0.15) is 10.5 Å². The van der Waals surface area contributed by atoms with Gasteiger partial charge >= 0.3 is 0 Å². The summed E-state index contributed by atoms with van der Waals surface area (Å²) in [4.78, 5) is 12.2. The fraction of sp³-hybridized carbons (Fsp3) is 0.400. The van der Waals surface area contributed by atoms with E-state index in [4.69, 9.17) is 12.2 Å². The zero-order valence-electron chi connectivity index (χ0n) is 12.0. The van der Waals surface area contributed by atoms with Crippen LogP contribution in [-0.2, 0) is 5.41 Å². The molecule has 0 bridgehead atoms. The van der Waals surface area contributed by atoms with Crippen LogP contribution in [0.3, 0.4) is 0 Å². The number of aryl methyl sites for hydroxylation is 1. The van der Waals surface area contributed by atoms with Crippen LogP contribution < -0.4 is 0 Å². The minimum absolute atomic E-state index is 0.0575. The number of aromatic amines is 1. The van der Waals surface area contributed by atoms with E-state index in [2.05, 4.69) is 41.8 Å². The Bertz CT molecular complexity index is 666. The Kier molecular flexibility index (Phi) is 3.54. The molecule has 4 heteroatoms. The van der Waals surface area contributed by atoms with Gasteiger partial charge in [0.2, 0.25) is 0 Å². The van der Waals surface area contributed by atoms with Gasteiger partial charge in [0.15, 0.2) is 0 Å². The summed E-state index contributed by atoms with van der Waals surface area (Å²) in [6.07, 6.45) is 1.82. The lowest BCUT2D eigenvalue weighted by Gasteiger charge is -2.19. The molecule has 0 amide bonds. The van der Waals surface area contributed by atoms with Crippen molar-refractivity contribution in [2.24, 2.45) is 0 Å². The number of hydrogen-bond acceptors (Lipinski definition) is 3. The van der Waals surface area contributed by atoms with Crippen LogP contribution in [0.15, 0.2) is 18.3 Å². The van der Waals surface area contributed by atoms with Gasteiger partial charge in [0.05, 0.1) is 5.69 Å². The third kappa shape index (κ3) is 2.89. The third-order valence-electron chi connectivity index (χ3n) is 3.05. The zero-order chi connectivity index (χ0) is 14.2. The summed E-state index contributed by atoms with van der Waals surface area (Å²) in [5, 5.41) is 0. The van der Waals surface area contributed by atoms with E-state index >= 15 is 0 Å². The number of aromatic nitrogens is 3. The quantitative estimate of drug-likeness (QED) is 0.795. The molecule has 3 nitrogen and oxygen atoms in total. The monoisotopic (exact) mass is 273 g/mol. The summed E-state index contributed by atoms with van der Waals surface area (Å²) in [6.45, 7) is 10.4. The third-order valence-corrected chi connectivity index (χ3v) is 3.45. The molecule has 1 N–H and O–H groups in total. The van der Waals surface area contributed by atoms with Crippen LogP contribution in [0.25, 0.3) is 11.3 Å². The molecule has 0 aliphatic rings. The SMILES string of the molecule is Cc1cc(-c2[nH]c(C(C)(C)C)nc(=S)c2C)ccn1. The van der Waals surface area contributed by atoms with Crippen LogP contribution in [0, 0.1) is 18.5 Å². The lowest BCUT2D eigenvalue weighted by Crippen LogP contribution is -2.17. The van der Waals surface area contributed by atoms with E-state index in [1.165, 1.54) is 0 Å².